The summed E-state index contributed by atoms with van der Waals surface area (Å²) in [5.74, 6) is -2.32. The second-order valence-corrected chi connectivity index (χ2v) is 6.12. The molecule has 21 heavy (non-hydrogen) atoms. The van der Waals surface area contributed by atoms with Crippen LogP contribution in [0, 0.1) is 6.92 Å². The van der Waals surface area contributed by atoms with Crippen LogP contribution >= 0.6 is 0 Å². The van der Waals surface area contributed by atoms with E-state index in [0.717, 1.165) is 0 Å². The van der Waals surface area contributed by atoms with Gasteiger partial charge in [-0.15, -0.1) is 0 Å². The summed E-state index contributed by atoms with van der Waals surface area (Å²) in [5.41, 5.74) is 0.302. The summed E-state index contributed by atoms with van der Waals surface area (Å²) in [4.78, 5) is 22.3. The SMILES string of the molecule is CCOC(=O)CCS(=O)(=O)Nc1cccc(C)c1C(=O)O. The quantitative estimate of drug-likeness (QED) is 0.736. The first kappa shape index (κ1) is 17.0. The van der Waals surface area contributed by atoms with Crippen LogP contribution in [0.4, 0.5) is 5.69 Å². The molecule has 0 fully saturated rings. The van der Waals surface area contributed by atoms with Crippen LogP contribution in [0.15, 0.2) is 18.2 Å². The number of ether oxygens (including phenoxy) is 1. The molecule has 8 heteroatoms. The summed E-state index contributed by atoms with van der Waals surface area (Å²) in [5, 5.41) is 9.12. The van der Waals surface area contributed by atoms with Crippen molar-refractivity contribution >= 4 is 27.6 Å². The molecule has 0 saturated heterocycles. The molecule has 0 heterocycles. The molecule has 0 saturated carbocycles. The molecule has 0 aliphatic heterocycles. The molecule has 0 bridgehead atoms. The number of carboxylic acid groups (broad SMARTS) is 1. The van der Waals surface area contributed by atoms with Gasteiger partial charge in [-0.1, -0.05) is 12.1 Å². The lowest BCUT2D eigenvalue weighted by atomic mass is 10.1. The fourth-order valence-corrected chi connectivity index (χ4v) is 2.75. The summed E-state index contributed by atoms with van der Waals surface area (Å²) in [6, 6.07) is 4.48. The van der Waals surface area contributed by atoms with Crippen LogP contribution in [0.5, 0.6) is 0 Å². The van der Waals surface area contributed by atoms with Gasteiger partial charge in [0.2, 0.25) is 10.0 Å². The number of carbonyl (C=O) groups is 2. The van der Waals surface area contributed by atoms with Crippen LogP contribution in [-0.2, 0) is 19.6 Å². The molecule has 7 nitrogen and oxygen atoms in total. The van der Waals surface area contributed by atoms with Crippen LogP contribution in [-0.4, -0.2) is 37.8 Å². The van der Waals surface area contributed by atoms with E-state index in [4.69, 9.17) is 5.11 Å². The third-order valence-corrected chi connectivity index (χ3v) is 3.90. The number of hydrogen-bond donors (Lipinski definition) is 2. The number of nitrogens with one attached hydrogen (secondary N) is 1. The standard InChI is InChI=1S/C13H17NO6S/c1-3-20-11(15)7-8-21(18,19)14-10-6-4-5-9(2)12(10)13(16)17/h4-6,14H,3,7-8H2,1-2H3,(H,16,17). The number of aromatic carboxylic acids is 1. The Morgan fingerprint density at radius 1 is 1.33 bits per heavy atom. The molecule has 0 spiro atoms. The minimum atomic E-state index is -3.83. The van der Waals surface area contributed by atoms with Gasteiger partial charge in [-0.25, -0.2) is 13.2 Å². The highest BCUT2D eigenvalue weighted by Crippen LogP contribution is 2.21. The molecule has 116 valence electrons. The van der Waals surface area contributed by atoms with Crippen molar-refractivity contribution in [3.63, 3.8) is 0 Å². The number of carbonyl (C=O) groups excluding carboxylic acids is 1. The van der Waals surface area contributed by atoms with E-state index in [1.54, 1.807) is 26.0 Å². The Labute approximate surface area is 123 Å². The molecule has 0 unspecified atom stereocenters. The zero-order chi connectivity index (χ0) is 16.0. The predicted molar refractivity (Wildman–Crippen MR) is 76.8 cm³/mol. The number of esters is 1. The van der Waals surface area contributed by atoms with Gasteiger partial charge in [-0.05, 0) is 25.5 Å². The summed E-state index contributed by atoms with van der Waals surface area (Å²) in [6.45, 7) is 3.36. The molecule has 0 atom stereocenters. The van der Waals surface area contributed by atoms with Crippen molar-refractivity contribution in [3.8, 4) is 0 Å². The molecule has 1 aromatic carbocycles. The van der Waals surface area contributed by atoms with E-state index in [9.17, 15) is 18.0 Å². The maximum Gasteiger partial charge on any atom is 0.338 e. The van der Waals surface area contributed by atoms with Crippen molar-refractivity contribution < 1.29 is 27.9 Å². The van der Waals surface area contributed by atoms with E-state index in [1.165, 1.54) is 6.07 Å². The second-order valence-electron chi connectivity index (χ2n) is 4.28. The number of sulfonamides is 1. The normalized spacial score (nSPS) is 11.0. The summed E-state index contributed by atoms with van der Waals surface area (Å²) in [7, 11) is -3.83. The smallest absolute Gasteiger partial charge is 0.338 e. The third kappa shape index (κ3) is 5.07. The minimum absolute atomic E-state index is 0.0219. The first-order valence-electron chi connectivity index (χ1n) is 6.26. The van der Waals surface area contributed by atoms with Crippen LogP contribution < -0.4 is 4.72 Å². The number of anilines is 1. The van der Waals surface area contributed by atoms with Crippen molar-refractivity contribution in [1.29, 1.82) is 0 Å². The van der Waals surface area contributed by atoms with Gasteiger partial charge in [-0.3, -0.25) is 9.52 Å². The zero-order valence-corrected chi connectivity index (χ0v) is 12.6. The van der Waals surface area contributed by atoms with Crippen LogP contribution in [0.2, 0.25) is 0 Å². The van der Waals surface area contributed by atoms with Gasteiger partial charge < -0.3 is 9.84 Å². The number of rotatable bonds is 7. The maximum absolute atomic E-state index is 11.9. The topological polar surface area (TPSA) is 110 Å². The number of hydrogen-bond acceptors (Lipinski definition) is 5. The van der Waals surface area contributed by atoms with Gasteiger partial charge in [0.1, 0.15) is 0 Å². The highest BCUT2D eigenvalue weighted by Gasteiger charge is 2.19. The molecule has 1 aromatic rings. The van der Waals surface area contributed by atoms with E-state index in [2.05, 4.69) is 9.46 Å². The maximum atomic E-state index is 11.9. The fourth-order valence-electron chi connectivity index (χ4n) is 1.71. The summed E-state index contributed by atoms with van der Waals surface area (Å²) >= 11 is 0. The van der Waals surface area contributed by atoms with Crippen LogP contribution in [0.3, 0.4) is 0 Å². The van der Waals surface area contributed by atoms with E-state index in [0.29, 0.717) is 5.56 Å². The first-order chi connectivity index (χ1) is 9.76. The van der Waals surface area contributed by atoms with Crippen LogP contribution in [0.25, 0.3) is 0 Å². The van der Waals surface area contributed by atoms with Crippen molar-refractivity contribution in [2.24, 2.45) is 0 Å². The van der Waals surface area contributed by atoms with Crippen molar-refractivity contribution in [3.05, 3.63) is 29.3 Å². The average molecular weight is 315 g/mol. The van der Waals surface area contributed by atoms with Gasteiger partial charge >= 0.3 is 11.9 Å². The Morgan fingerprint density at radius 3 is 2.57 bits per heavy atom. The fraction of sp³-hybridized carbons (Fsp3) is 0.385. The summed E-state index contributed by atoms with van der Waals surface area (Å²) < 4.78 is 30.6. The number of aryl methyl sites for hydroxylation is 1. The van der Waals surface area contributed by atoms with Gasteiger partial charge in [0.15, 0.2) is 0 Å². The third-order valence-electron chi connectivity index (χ3n) is 2.63. The van der Waals surface area contributed by atoms with Gasteiger partial charge in [0, 0.05) is 0 Å². The Hall–Kier alpha value is -2.09. The highest BCUT2D eigenvalue weighted by atomic mass is 32.2. The molecule has 1 rings (SSSR count). The number of carboxylic acids is 1. The molecule has 0 aliphatic carbocycles. The molecular formula is C13H17NO6S. The molecular weight excluding hydrogens is 298 g/mol. The number of benzene rings is 1. The predicted octanol–water partition coefficient (Wildman–Crippen LogP) is 1.39. The average Bonchev–Trinajstić information content (AvgIpc) is 2.36. The zero-order valence-electron chi connectivity index (χ0n) is 11.8. The largest absolute Gasteiger partial charge is 0.478 e. The molecule has 0 aliphatic rings. The lowest BCUT2D eigenvalue weighted by molar-refractivity contribution is -0.142. The minimum Gasteiger partial charge on any atom is -0.478 e. The van der Waals surface area contributed by atoms with Crippen molar-refractivity contribution in [2.75, 3.05) is 17.1 Å². The highest BCUT2D eigenvalue weighted by molar-refractivity contribution is 7.92. The Bertz CT molecular complexity index is 638. The molecule has 0 amide bonds. The second kappa shape index (κ2) is 7.07. The van der Waals surface area contributed by atoms with Crippen molar-refractivity contribution in [2.45, 2.75) is 20.3 Å². The van der Waals surface area contributed by atoms with Crippen LogP contribution in [0.1, 0.15) is 29.3 Å². The lowest BCUT2D eigenvalue weighted by Crippen LogP contribution is -2.21. The lowest BCUT2D eigenvalue weighted by Gasteiger charge is -2.12. The first-order valence-corrected chi connectivity index (χ1v) is 7.91. The van der Waals surface area contributed by atoms with Crippen molar-refractivity contribution in [1.82, 2.24) is 0 Å². The van der Waals surface area contributed by atoms with E-state index >= 15 is 0 Å². The van der Waals surface area contributed by atoms with E-state index in [1.807, 2.05) is 0 Å². The van der Waals surface area contributed by atoms with Gasteiger partial charge in [0.25, 0.3) is 0 Å². The van der Waals surface area contributed by atoms with Gasteiger partial charge in [-0.2, -0.15) is 0 Å². The Balaban J connectivity index is 2.88. The Morgan fingerprint density at radius 2 is 2.00 bits per heavy atom. The van der Waals surface area contributed by atoms with Gasteiger partial charge in [0.05, 0.1) is 30.0 Å². The molecule has 0 radical (unpaired) electrons. The van der Waals surface area contributed by atoms with E-state index < -0.39 is 27.7 Å². The Kier molecular flexibility index (Phi) is 5.71. The monoisotopic (exact) mass is 315 g/mol. The summed E-state index contributed by atoms with van der Waals surface area (Å²) in [6.07, 6.45) is -0.294. The molecule has 0 aromatic heterocycles. The van der Waals surface area contributed by atoms with E-state index in [-0.39, 0.29) is 24.3 Å². The molecule has 2 N–H and O–H groups in total.